The minimum absolute atomic E-state index is 0.186. The molecule has 1 aromatic rings. The summed E-state index contributed by atoms with van der Waals surface area (Å²) < 4.78 is 18.2. The van der Waals surface area contributed by atoms with E-state index in [0.29, 0.717) is 23.7 Å². The molecule has 1 aliphatic heterocycles. The zero-order chi connectivity index (χ0) is 8.55. The number of anilines is 1. The Kier molecular flexibility index (Phi) is 1.62. The van der Waals surface area contributed by atoms with Crippen molar-refractivity contribution in [1.29, 1.82) is 0 Å². The van der Waals surface area contributed by atoms with Crippen molar-refractivity contribution in [3.05, 3.63) is 23.5 Å². The molecular formula is C8H9FN2O. The second-order valence-electron chi connectivity index (χ2n) is 2.57. The van der Waals surface area contributed by atoms with Gasteiger partial charge in [0.25, 0.3) is 0 Å². The maximum absolute atomic E-state index is 13.1. The SMILES string of the molecule is NCc1c(F)ccc2c1NCO2. The van der Waals surface area contributed by atoms with E-state index in [2.05, 4.69) is 5.32 Å². The van der Waals surface area contributed by atoms with Gasteiger partial charge in [0.2, 0.25) is 0 Å². The zero-order valence-corrected chi connectivity index (χ0v) is 6.43. The second-order valence-corrected chi connectivity index (χ2v) is 2.57. The summed E-state index contributed by atoms with van der Waals surface area (Å²) in [6.07, 6.45) is 0. The highest BCUT2D eigenvalue weighted by atomic mass is 19.1. The molecule has 0 radical (unpaired) electrons. The average molecular weight is 168 g/mol. The third-order valence-corrected chi connectivity index (χ3v) is 1.90. The highest BCUT2D eigenvalue weighted by Gasteiger charge is 2.17. The van der Waals surface area contributed by atoms with Gasteiger partial charge >= 0.3 is 0 Å². The smallest absolute Gasteiger partial charge is 0.159 e. The van der Waals surface area contributed by atoms with Crippen LogP contribution in [0, 0.1) is 5.82 Å². The first-order valence-corrected chi connectivity index (χ1v) is 3.71. The number of fused-ring (bicyclic) bond motifs is 1. The lowest BCUT2D eigenvalue weighted by molar-refractivity contribution is 0.372. The molecule has 0 bridgehead atoms. The summed E-state index contributed by atoms with van der Waals surface area (Å²) in [5.74, 6) is 0.395. The van der Waals surface area contributed by atoms with Crippen molar-refractivity contribution < 1.29 is 9.13 Å². The summed E-state index contributed by atoms with van der Waals surface area (Å²) in [5, 5.41) is 2.92. The van der Waals surface area contributed by atoms with E-state index in [1.807, 2.05) is 0 Å². The Morgan fingerprint density at radius 3 is 3.17 bits per heavy atom. The van der Waals surface area contributed by atoms with Gasteiger partial charge in [0, 0.05) is 12.1 Å². The van der Waals surface area contributed by atoms with Crippen molar-refractivity contribution in [3.63, 3.8) is 0 Å². The Bertz CT molecular complexity index is 314. The van der Waals surface area contributed by atoms with Crippen molar-refractivity contribution >= 4 is 5.69 Å². The highest BCUT2D eigenvalue weighted by Crippen LogP contribution is 2.33. The van der Waals surface area contributed by atoms with Crippen LogP contribution in [0.2, 0.25) is 0 Å². The van der Waals surface area contributed by atoms with Gasteiger partial charge in [-0.2, -0.15) is 0 Å². The Balaban J connectivity index is 2.57. The fourth-order valence-electron chi connectivity index (χ4n) is 1.30. The quantitative estimate of drug-likeness (QED) is 0.658. The van der Waals surface area contributed by atoms with Gasteiger partial charge in [-0.1, -0.05) is 0 Å². The van der Waals surface area contributed by atoms with Crippen LogP contribution in [0.4, 0.5) is 10.1 Å². The maximum atomic E-state index is 13.1. The van der Waals surface area contributed by atoms with Crippen molar-refractivity contribution in [2.45, 2.75) is 6.54 Å². The molecule has 12 heavy (non-hydrogen) atoms. The minimum Gasteiger partial charge on any atom is -0.471 e. The van der Waals surface area contributed by atoms with Crippen molar-refractivity contribution in [1.82, 2.24) is 0 Å². The molecule has 0 fully saturated rings. The summed E-state index contributed by atoms with van der Waals surface area (Å²) in [6, 6.07) is 2.97. The summed E-state index contributed by atoms with van der Waals surface area (Å²) in [4.78, 5) is 0. The van der Waals surface area contributed by atoms with Gasteiger partial charge in [-0.15, -0.1) is 0 Å². The largest absolute Gasteiger partial charge is 0.471 e. The van der Waals surface area contributed by atoms with E-state index in [-0.39, 0.29) is 12.4 Å². The van der Waals surface area contributed by atoms with Gasteiger partial charge in [0.05, 0.1) is 5.69 Å². The molecule has 2 rings (SSSR count). The lowest BCUT2D eigenvalue weighted by atomic mass is 10.1. The molecule has 0 saturated carbocycles. The summed E-state index contributed by atoms with van der Waals surface area (Å²) in [7, 11) is 0. The van der Waals surface area contributed by atoms with Gasteiger partial charge in [-0.05, 0) is 12.1 Å². The lowest BCUT2D eigenvalue weighted by Gasteiger charge is -2.04. The molecule has 1 aromatic carbocycles. The fraction of sp³-hybridized carbons (Fsp3) is 0.250. The molecule has 0 amide bonds. The van der Waals surface area contributed by atoms with Gasteiger partial charge in [0.1, 0.15) is 11.6 Å². The van der Waals surface area contributed by atoms with Crippen LogP contribution in [-0.4, -0.2) is 6.73 Å². The number of nitrogens with two attached hydrogens (primary N) is 1. The third kappa shape index (κ3) is 0.921. The van der Waals surface area contributed by atoms with Crippen molar-refractivity contribution in [2.75, 3.05) is 12.0 Å². The number of rotatable bonds is 1. The number of hydrogen-bond donors (Lipinski definition) is 2. The summed E-state index contributed by atoms with van der Waals surface area (Å²) in [6.45, 7) is 0.581. The Hall–Kier alpha value is -1.29. The fourth-order valence-corrected chi connectivity index (χ4v) is 1.30. The van der Waals surface area contributed by atoms with E-state index < -0.39 is 0 Å². The topological polar surface area (TPSA) is 47.3 Å². The predicted octanol–water partition coefficient (Wildman–Crippen LogP) is 1.05. The molecule has 0 saturated heterocycles. The second kappa shape index (κ2) is 2.64. The standard InChI is InChI=1S/C8H9FN2O/c9-6-1-2-7-8(5(6)3-10)11-4-12-7/h1-2,11H,3-4,10H2. The lowest BCUT2D eigenvalue weighted by Crippen LogP contribution is -2.04. The van der Waals surface area contributed by atoms with Crippen LogP contribution in [0.5, 0.6) is 5.75 Å². The summed E-state index contributed by atoms with van der Waals surface area (Å²) in [5.41, 5.74) is 6.57. The molecule has 3 nitrogen and oxygen atoms in total. The van der Waals surface area contributed by atoms with E-state index >= 15 is 0 Å². The zero-order valence-electron chi connectivity index (χ0n) is 6.43. The first-order valence-electron chi connectivity index (χ1n) is 3.71. The molecule has 0 atom stereocenters. The van der Waals surface area contributed by atoms with Crippen LogP contribution in [-0.2, 0) is 6.54 Å². The van der Waals surface area contributed by atoms with E-state index in [9.17, 15) is 4.39 Å². The number of halogens is 1. The molecular weight excluding hydrogens is 159 g/mol. The molecule has 4 heteroatoms. The highest BCUT2D eigenvalue weighted by molar-refractivity contribution is 5.64. The van der Waals surface area contributed by atoms with Crippen molar-refractivity contribution in [2.24, 2.45) is 5.73 Å². The van der Waals surface area contributed by atoms with Gasteiger partial charge in [-0.25, -0.2) is 4.39 Å². The van der Waals surface area contributed by atoms with Crippen LogP contribution in [0.3, 0.4) is 0 Å². The third-order valence-electron chi connectivity index (χ3n) is 1.90. The van der Waals surface area contributed by atoms with Crippen LogP contribution >= 0.6 is 0 Å². The Morgan fingerprint density at radius 2 is 2.42 bits per heavy atom. The first-order chi connectivity index (χ1) is 5.83. The number of hydrogen-bond acceptors (Lipinski definition) is 3. The molecule has 64 valence electrons. The number of ether oxygens (including phenoxy) is 1. The average Bonchev–Trinajstić information content (AvgIpc) is 2.52. The Morgan fingerprint density at radius 1 is 1.58 bits per heavy atom. The molecule has 1 heterocycles. The maximum Gasteiger partial charge on any atom is 0.159 e. The minimum atomic E-state index is -0.283. The number of nitrogens with one attached hydrogen (secondary N) is 1. The number of benzene rings is 1. The Labute approximate surface area is 69.3 Å². The van der Waals surface area contributed by atoms with Crippen LogP contribution in [0.15, 0.2) is 12.1 Å². The first kappa shape index (κ1) is 7.36. The van der Waals surface area contributed by atoms with Gasteiger partial charge in [-0.3, -0.25) is 0 Å². The normalized spacial score (nSPS) is 13.5. The summed E-state index contributed by atoms with van der Waals surface area (Å²) >= 11 is 0. The molecule has 3 N–H and O–H groups in total. The molecule has 0 aliphatic carbocycles. The van der Waals surface area contributed by atoms with E-state index in [4.69, 9.17) is 10.5 Å². The molecule has 0 unspecified atom stereocenters. The van der Waals surface area contributed by atoms with Crippen LogP contribution < -0.4 is 15.8 Å². The van der Waals surface area contributed by atoms with E-state index in [0.717, 1.165) is 0 Å². The van der Waals surface area contributed by atoms with E-state index in [1.165, 1.54) is 6.07 Å². The predicted molar refractivity (Wildman–Crippen MR) is 43.4 cm³/mol. The van der Waals surface area contributed by atoms with Gasteiger partial charge < -0.3 is 15.8 Å². The molecule has 0 spiro atoms. The van der Waals surface area contributed by atoms with Gasteiger partial charge in [0.15, 0.2) is 6.73 Å². The van der Waals surface area contributed by atoms with Crippen LogP contribution in [0.25, 0.3) is 0 Å². The molecule has 0 aromatic heterocycles. The van der Waals surface area contributed by atoms with E-state index in [1.54, 1.807) is 6.07 Å². The van der Waals surface area contributed by atoms with Crippen molar-refractivity contribution in [3.8, 4) is 5.75 Å². The monoisotopic (exact) mass is 168 g/mol. The van der Waals surface area contributed by atoms with Crippen LogP contribution in [0.1, 0.15) is 5.56 Å². The molecule has 1 aliphatic rings.